The Bertz CT molecular complexity index is 761. The fourth-order valence-electron chi connectivity index (χ4n) is 1.40. The van der Waals surface area contributed by atoms with E-state index in [9.17, 15) is 8.42 Å². The summed E-state index contributed by atoms with van der Waals surface area (Å²) < 4.78 is 32.8. The Kier molecular flexibility index (Phi) is 5.98. The van der Waals surface area contributed by atoms with E-state index in [1.165, 1.54) is 12.1 Å². The van der Waals surface area contributed by atoms with Crippen LogP contribution in [0.2, 0.25) is 0 Å². The Balaban J connectivity index is 2.55. The summed E-state index contributed by atoms with van der Waals surface area (Å²) in [5.41, 5.74) is 0. The van der Waals surface area contributed by atoms with Crippen LogP contribution in [0.5, 0.6) is 5.75 Å². The van der Waals surface area contributed by atoms with Gasteiger partial charge >= 0.3 is 10.1 Å². The van der Waals surface area contributed by atoms with Crippen LogP contribution in [-0.2, 0) is 10.1 Å². The molecular weight excluding hydrogens is 624 g/mol. The zero-order valence-electron chi connectivity index (χ0n) is 9.91. The molecule has 0 spiro atoms. The van der Waals surface area contributed by atoms with Crippen LogP contribution in [0.4, 0.5) is 0 Å². The SMILES string of the molecule is O=S(=O)(Oc1c(Br)c(Br)c(Br)c(Br)c1Br)c1ccccc1. The molecule has 0 N–H and O–H groups in total. The summed E-state index contributed by atoms with van der Waals surface area (Å²) >= 11 is 16.7. The van der Waals surface area contributed by atoms with Crippen molar-refractivity contribution in [1.29, 1.82) is 0 Å². The van der Waals surface area contributed by atoms with Gasteiger partial charge in [0.25, 0.3) is 0 Å². The molecule has 0 saturated heterocycles. The Morgan fingerprint density at radius 2 is 1.14 bits per heavy atom. The van der Waals surface area contributed by atoms with Gasteiger partial charge in [0.15, 0.2) is 5.75 Å². The van der Waals surface area contributed by atoms with E-state index in [4.69, 9.17) is 4.18 Å². The average Bonchev–Trinajstić information content (AvgIpc) is 2.48. The van der Waals surface area contributed by atoms with Gasteiger partial charge in [0.1, 0.15) is 4.90 Å². The van der Waals surface area contributed by atoms with Gasteiger partial charge in [-0.1, -0.05) is 18.2 Å². The molecule has 0 aliphatic heterocycles. The highest BCUT2D eigenvalue weighted by Gasteiger charge is 2.24. The number of benzene rings is 2. The third-order valence-electron chi connectivity index (χ3n) is 2.39. The number of halogens is 5. The van der Waals surface area contributed by atoms with Crippen LogP contribution in [0, 0.1) is 0 Å². The molecule has 112 valence electrons. The maximum atomic E-state index is 12.3. The van der Waals surface area contributed by atoms with Gasteiger partial charge in [-0.15, -0.1) is 0 Å². The zero-order valence-corrected chi connectivity index (χ0v) is 18.7. The Hall–Kier alpha value is 0.590. The first kappa shape index (κ1) is 17.9. The quantitative estimate of drug-likeness (QED) is 0.229. The van der Waals surface area contributed by atoms with Crippen molar-refractivity contribution >= 4 is 89.8 Å². The van der Waals surface area contributed by atoms with Crippen LogP contribution in [-0.4, -0.2) is 8.42 Å². The van der Waals surface area contributed by atoms with Crippen molar-refractivity contribution < 1.29 is 12.6 Å². The van der Waals surface area contributed by atoms with Gasteiger partial charge in [0.2, 0.25) is 0 Å². The Labute approximate surface area is 164 Å². The molecule has 2 aromatic carbocycles. The van der Waals surface area contributed by atoms with Crippen molar-refractivity contribution in [3.05, 3.63) is 52.7 Å². The monoisotopic (exact) mass is 624 g/mol. The minimum Gasteiger partial charge on any atom is -0.376 e. The summed E-state index contributed by atoms with van der Waals surface area (Å²) in [7, 11) is -3.92. The molecule has 21 heavy (non-hydrogen) atoms. The van der Waals surface area contributed by atoms with E-state index in [0.29, 0.717) is 17.9 Å². The molecule has 0 atom stereocenters. The van der Waals surface area contributed by atoms with Gasteiger partial charge in [-0.3, -0.25) is 0 Å². The van der Waals surface area contributed by atoms with E-state index in [-0.39, 0.29) is 10.6 Å². The highest BCUT2D eigenvalue weighted by molar-refractivity contribution is 9.15. The maximum absolute atomic E-state index is 12.3. The van der Waals surface area contributed by atoms with Crippen molar-refractivity contribution in [1.82, 2.24) is 0 Å². The van der Waals surface area contributed by atoms with Gasteiger partial charge in [0, 0.05) is 4.47 Å². The molecule has 0 saturated carbocycles. The van der Waals surface area contributed by atoms with E-state index < -0.39 is 10.1 Å². The molecule has 0 radical (unpaired) electrons. The van der Waals surface area contributed by atoms with Crippen molar-refractivity contribution in [2.45, 2.75) is 4.90 Å². The normalized spacial score (nSPS) is 11.5. The lowest BCUT2D eigenvalue weighted by Gasteiger charge is -2.14. The molecule has 0 bridgehead atoms. The minimum absolute atomic E-state index is 0.0824. The first-order chi connectivity index (χ1) is 9.75. The third kappa shape index (κ3) is 3.74. The second kappa shape index (κ2) is 7.00. The number of hydrogen-bond donors (Lipinski definition) is 0. The molecular formula is C12H5Br5O3S. The topological polar surface area (TPSA) is 43.4 Å². The Morgan fingerprint density at radius 3 is 1.62 bits per heavy atom. The summed E-state index contributed by atoms with van der Waals surface area (Å²) in [4.78, 5) is 0.0824. The Morgan fingerprint density at radius 1 is 0.714 bits per heavy atom. The van der Waals surface area contributed by atoms with Crippen LogP contribution < -0.4 is 4.18 Å². The predicted octanol–water partition coefficient (Wildman–Crippen LogP) is 6.27. The first-order valence-corrected chi connectivity index (χ1v) is 10.6. The molecule has 3 nitrogen and oxygen atoms in total. The van der Waals surface area contributed by atoms with E-state index in [1.54, 1.807) is 18.2 Å². The van der Waals surface area contributed by atoms with Gasteiger partial charge in [-0.05, 0) is 91.8 Å². The lowest BCUT2D eigenvalue weighted by molar-refractivity contribution is 0.482. The standard InChI is InChI=1S/C12H5Br5O3S/c13-7-8(14)10(16)12(11(17)9(7)15)20-21(18,19)6-4-2-1-3-5-6/h1-5H. The van der Waals surface area contributed by atoms with Crippen LogP contribution in [0.1, 0.15) is 0 Å². The van der Waals surface area contributed by atoms with Crippen molar-refractivity contribution in [3.63, 3.8) is 0 Å². The van der Waals surface area contributed by atoms with Gasteiger partial charge in [-0.2, -0.15) is 8.42 Å². The molecule has 0 heterocycles. The fraction of sp³-hybridized carbons (Fsp3) is 0. The summed E-state index contributed by atoms with van der Waals surface area (Å²) in [6, 6.07) is 7.94. The number of hydrogen-bond acceptors (Lipinski definition) is 3. The second-order valence-corrected chi connectivity index (χ2v) is 9.26. The van der Waals surface area contributed by atoms with Crippen LogP contribution >= 0.6 is 79.6 Å². The summed E-state index contributed by atoms with van der Waals surface area (Å²) in [5.74, 6) is 0.154. The van der Waals surface area contributed by atoms with Gasteiger partial charge < -0.3 is 4.18 Å². The number of rotatable bonds is 3. The molecule has 0 aromatic heterocycles. The van der Waals surface area contributed by atoms with Gasteiger partial charge in [-0.25, -0.2) is 0 Å². The smallest absolute Gasteiger partial charge is 0.339 e. The van der Waals surface area contributed by atoms with E-state index in [2.05, 4.69) is 79.6 Å². The first-order valence-electron chi connectivity index (χ1n) is 5.26. The molecule has 0 aliphatic rings. The van der Waals surface area contributed by atoms with Crippen LogP contribution in [0.25, 0.3) is 0 Å². The maximum Gasteiger partial charge on any atom is 0.339 e. The lowest BCUT2D eigenvalue weighted by Crippen LogP contribution is -2.10. The van der Waals surface area contributed by atoms with E-state index in [0.717, 1.165) is 4.47 Å². The van der Waals surface area contributed by atoms with E-state index >= 15 is 0 Å². The van der Waals surface area contributed by atoms with Crippen LogP contribution in [0.3, 0.4) is 0 Å². The summed E-state index contributed by atoms with van der Waals surface area (Å²) in [6.07, 6.45) is 0. The summed E-state index contributed by atoms with van der Waals surface area (Å²) in [5, 5.41) is 0. The van der Waals surface area contributed by atoms with Crippen molar-refractivity contribution in [2.75, 3.05) is 0 Å². The molecule has 2 rings (SSSR count). The fourth-order valence-corrected chi connectivity index (χ4v) is 5.76. The minimum atomic E-state index is -3.92. The molecule has 9 heteroatoms. The molecule has 2 aromatic rings. The van der Waals surface area contributed by atoms with Crippen molar-refractivity contribution in [2.24, 2.45) is 0 Å². The zero-order chi connectivity index (χ0) is 15.8. The molecule has 0 aliphatic carbocycles. The highest BCUT2D eigenvalue weighted by Crippen LogP contribution is 2.49. The molecule has 0 fully saturated rings. The van der Waals surface area contributed by atoms with Crippen LogP contribution in [0.15, 0.2) is 57.6 Å². The highest BCUT2D eigenvalue weighted by atomic mass is 79.9. The average molecular weight is 629 g/mol. The summed E-state index contributed by atoms with van der Waals surface area (Å²) in [6.45, 7) is 0. The predicted molar refractivity (Wildman–Crippen MR) is 99.2 cm³/mol. The van der Waals surface area contributed by atoms with Crippen molar-refractivity contribution in [3.8, 4) is 5.75 Å². The second-order valence-electron chi connectivity index (χ2n) is 3.75. The molecule has 0 unspecified atom stereocenters. The van der Waals surface area contributed by atoms with E-state index in [1.807, 2.05) is 0 Å². The van der Waals surface area contributed by atoms with Gasteiger partial charge in [0.05, 0.1) is 17.9 Å². The lowest BCUT2D eigenvalue weighted by atomic mass is 10.3. The molecule has 0 amide bonds. The third-order valence-corrected chi connectivity index (χ3v) is 9.65. The largest absolute Gasteiger partial charge is 0.376 e.